The van der Waals surface area contributed by atoms with E-state index < -0.39 is 121 Å². The number of carboxylic acid groups (broad SMARTS) is 1. The molecule has 0 aliphatic heterocycles. The Labute approximate surface area is 427 Å². The fourth-order valence-corrected chi connectivity index (χ4v) is 7.98. The van der Waals surface area contributed by atoms with E-state index in [0.29, 0.717) is 24.8 Å². The lowest BCUT2D eigenvalue weighted by Gasteiger charge is -2.29. The number of hydrogen-bond acceptors (Lipinski definition) is 12. The summed E-state index contributed by atoms with van der Waals surface area (Å²) in [6, 6.07) is -0.194. The predicted molar refractivity (Wildman–Crippen MR) is 274 cm³/mol. The van der Waals surface area contributed by atoms with E-state index in [1.807, 2.05) is 55.4 Å². The Balaban J connectivity index is 3.33. The van der Waals surface area contributed by atoms with Gasteiger partial charge in [0.1, 0.15) is 36.3 Å². The van der Waals surface area contributed by atoms with Gasteiger partial charge in [0.15, 0.2) is 0 Å². The van der Waals surface area contributed by atoms with E-state index in [2.05, 4.69) is 38.8 Å². The average molecular weight is 1020 g/mol. The van der Waals surface area contributed by atoms with Crippen LogP contribution < -0.4 is 37.6 Å². The van der Waals surface area contributed by atoms with Crippen molar-refractivity contribution in [2.75, 3.05) is 0 Å². The van der Waals surface area contributed by atoms with Crippen molar-refractivity contribution in [1.82, 2.24) is 31.9 Å². The van der Waals surface area contributed by atoms with Gasteiger partial charge in [0.2, 0.25) is 35.4 Å². The first-order chi connectivity index (χ1) is 33.7. The molecule has 8 atom stereocenters. The molecule has 0 aliphatic carbocycles. The van der Waals surface area contributed by atoms with E-state index in [4.69, 9.17) is 10.5 Å². The van der Waals surface area contributed by atoms with Crippen LogP contribution in [0, 0.1) is 29.6 Å². The molecule has 10 N–H and O–H groups in total. The molecule has 0 aliphatic rings. The molecule has 1 aromatic rings. The highest BCUT2D eigenvalue weighted by molar-refractivity contribution is 5.98. The number of aliphatic carboxylic acids is 1. The number of aliphatic hydroxyl groups is 1. The molecule has 19 nitrogen and oxygen atoms in total. The molecule has 0 heterocycles. The van der Waals surface area contributed by atoms with Crippen LogP contribution in [-0.4, -0.2) is 112 Å². The van der Waals surface area contributed by atoms with Crippen LogP contribution in [0.15, 0.2) is 30.3 Å². The van der Waals surface area contributed by atoms with E-state index >= 15 is 0 Å². The zero-order chi connectivity index (χ0) is 54.7. The molecule has 72 heavy (non-hydrogen) atoms. The van der Waals surface area contributed by atoms with Crippen molar-refractivity contribution in [3.05, 3.63) is 35.9 Å². The standard InChI is InChI=1S/C53H89N7O12/c1-12-13-14-15-16-20-23-37(61)29-45(64)72-53(71)43(28-36-21-18-17-19-22-36)59-50(68)40(26-33(6)7)56-49(67)41(27-34(8)9)58-52(70)46(35(10)11)60-51(69)42(30-44(62)63)57-48(66)39(25-32(4)5)55-47(65)38(54)24-31(2)3/h17-19,21-22,31-35,37-43,46,61H,12-16,20,23-30,54H2,1-11H3,(H,55,65)(H,56,67)(H,57,66)(H,58,70)(H,59,68)(H,60,69)(H,62,63). The summed E-state index contributed by atoms with van der Waals surface area (Å²) in [6.07, 6.45) is 4.70. The molecule has 0 aromatic heterocycles. The number of nitrogens with one attached hydrogen (secondary N) is 6. The van der Waals surface area contributed by atoms with Crippen molar-refractivity contribution >= 4 is 53.4 Å². The smallest absolute Gasteiger partial charge is 0.336 e. The molecular weight excluding hydrogens is 927 g/mol. The molecule has 1 aromatic carbocycles. The summed E-state index contributed by atoms with van der Waals surface area (Å²) < 4.78 is 5.17. The second-order valence-corrected chi connectivity index (χ2v) is 21.2. The van der Waals surface area contributed by atoms with Gasteiger partial charge in [-0.2, -0.15) is 0 Å². The van der Waals surface area contributed by atoms with Gasteiger partial charge in [0, 0.05) is 6.42 Å². The van der Waals surface area contributed by atoms with E-state index in [0.717, 1.165) is 32.1 Å². The third-order valence-electron chi connectivity index (χ3n) is 11.7. The molecule has 1 rings (SSSR count). The summed E-state index contributed by atoms with van der Waals surface area (Å²) in [4.78, 5) is 121. The van der Waals surface area contributed by atoms with Gasteiger partial charge in [-0.05, 0) is 67.3 Å². The van der Waals surface area contributed by atoms with E-state index in [-0.39, 0.29) is 49.4 Å². The molecule has 0 saturated carbocycles. The van der Waals surface area contributed by atoms with Gasteiger partial charge in [0.25, 0.3) is 0 Å². The lowest BCUT2D eigenvalue weighted by atomic mass is 9.98. The third kappa shape index (κ3) is 26.9. The zero-order valence-electron chi connectivity index (χ0n) is 44.8. The molecule has 0 saturated heterocycles. The number of hydrogen-bond donors (Lipinski definition) is 9. The summed E-state index contributed by atoms with van der Waals surface area (Å²) >= 11 is 0. The van der Waals surface area contributed by atoms with Crippen LogP contribution >= 0.6 is 0 Å². The van der Waals surface area contributed by atoms with Crippen LogP contribution in [0.4, 0.5) is 0 Å². The molecule has 0 fully saturated rings. The molecule has 19 heteroatoms. The summed E-state index contributed by atoms with van der Waals surface area (Å²) in [5, 5.41) is 36.0. The Hall–Kier alpha value is -5.43. The number of rotatable bonds is 35. The molecule has 8 unspecified atom stereocenters. The van der Waals surface area contributed by atoms with Crippen LogP contribution in [0.3, 0.4) is 0 Å². The van der Waals surface area contributed by atoms with Crippen molar-refractivity contribution < 1.29 is 58.1 Å². The lowest BCUT2D eigenvalue weighted by molar-refractivity contribution is -0.163. The largest absolute Gasteiger partial charge is 0.481 e. The number of carbonyl (C=O) groups is 9. The molecule has 6 amide bonds. The van der Waals surface area contributed by atoms with Crippen molar-refractivity contribution in [3.63, 3.8) is 0 Å². The summed E-state index contributed by atoms with van der Waals surface area (Å²) in [6.45, 7) is 20.0. The van der Waals surface area contributed by atoms with Crippen LogP contribution in [-0.2, 0) is 54.3 Å². The average Bonchev–Trinajstić information content (AvgIpc) is 3.27. The topological polar surface area (TPSA) is 302 Å². The first-order valence-electron chi connectivity index (χ1n) is 26.0. The van der Waals surface area contributed by atoms with Crippen LogP contribution in [0.5, 0.6) is 0 Å². The number of nitrogens with two attached hydrogens (primary N) is 1. The van der Waals surface area contributed by atoms with Crippen molar-refractivity contribution in [2.45, 2.75) is 214 Å². The van der Waals surface area contributed by atoms with Gasteiger partial charge in [-0.15, -0.1) is 0 Å². The number of carboxylic acids is 1. The van der Waals surface area contributed by atoms with Gasteiger partial charge in [-0.3, -0.25) is 38.4 Å². The maximum atomic E-state index is 14.2. The van der Waals surface area contributed by atoms with Gasteiger partial charge in [-0.25, -0.2) is 4.79 Å². The Morgan fingerprint density at radius 1 is 0.528 bits per heavy atom. The zero-order valence-corrected chi connectivity index (χ0v) is 44.8. The predicted octanol–water partition coefficient (Wildman–Crippen LogP) is 4.35. The van der Waals surface area contributed by atoms with E-state index in [9.17, 15) is 53.4 Å². The Kier molecular flexibility index (Phi) is 30.6. The Bertz CT molecular complexity index is 1880. The number of benzene rings is 1. The van der Waals surface area contributed by atoms with Gasteiger partial charge < -0.3 is 52.6 Å². The number of esters is 2. The molecule has 0 spiro atoms. The minimum atomic E-state index is -1.67. The fourth-order valence-electron chi connectivity index (χ4n) is 7.98. The SMILES string of the molecule is CCCCCCCCC(O)CC(=O)OC(=O)C(Cc1ccccc1)NC(=O)C(CC(C)C)NC(=O)C(CC(C)C)NC(=O)C(NC(=O)C(CC(=O)O)NC(=O)C(CC(C)C)NC(=O)C(N)CC(C)C)C(C)C. The highest BCUT2D eigenvalue weighted by atomic mass is 16.6. The van der Waals surface area contributed by atoms with Crippen molar-refractivity contribution in [2.24, 2.45) is 35.3 Å². The quantitative estimate of drug-likeness (QED) is 0.0260. The van der Waals surface area contributed by atoms with Crippen LogP contribution in [0.2, 0.25) is 0 Å². The van der Waals surface area contributed by atoms with Gasteiger partial charge in [-0.1, -0.05) is 145 Å². The van der Waals surface area contributed by atoms with E-state index in [1.165, 1.54) is 0 Å². The number of carbonyl (C=O) groups excluding carboxylic acids is 8. The van der Waals surface area contributed by atoms with E-state index in [1.54, 1.807) is 44.2 Å². The summed E-state index contributed by atoms with van der Waals surface area (Å²) in [5.41, 5.74) is 6.70. The van der Waals surface area contributed by atoms with Gasteiger partial charge >= 0.3 is 17.9 Å². The number of aliphatic hydroxyl groups excluding tert-OH is 1. The van der Waals surface area contributed by atoms with Crippen LogP contribution in [0.1, 0.15) is 165 Å². The van der Waals surface area contributed by atoms with Crippen molar-refractivity contribution in [1.29, 1.82) is 0 Å². The maximum absolute atomic E-state index is 14.2. The first kappa shape index (κ1) is 64.6. The highest BCUT2D eigenvalue weighted by Crippen LogP contribution is 2.15. The third-order valence-corrected chi connectivity index (χ3v) is 11.7. The molecule has 0 radical (unpaired) electrons. The summed E-state index contributed by atoms with van der Waals surface area (Å²) in [7, 11) is 0. The minimum absolute atomic E-state index is 0.0606. The van der Waals surface area contributed by atoms with Gasteiger partial charge in [0.05, 0.1) is 25.0 Å². The normalized spacial score (nSPS) is 14.9. The molecular formula is C53H89N7O12. The lowest BCUT2D eigenvalue weighted by Crippen LogP contribution is -2.61. The molecule has 408 valence electrons. The van der Waals surface area contributed by atoms with Crippen molar-refractivity contribution in [3.8, 4) is 0 Å². The summed E-state index contributed by atoms with van der Waals surface area (Å²) in [5.74, 6) is -9.08. The number of unbranched alkanes of at least 4 members (excludes halogenated alkanes) is 5. The highest BCUT2D eigenvalue weighted by Gasteiger charge is 2.36. The fraction of sp³-hybridized carbons (Fsp3) is 0.717. The maximum Gasteiger partial charge on any atom is 0.336 e. The first-order valence-corrected chi connectivity index (χ1v) is 26.0. The Morgan fingerprint density at radius 2 is 0.958 bits per heavy atom. The number of amides is 6. The van der Waals surface area contributed by atoms with Crippen LogP contribution in [0.25, 0.3) is 0 Å². The monoisotopic (exact) mass is 1020 g/mol. The second kappa shape index (κ2) is 34.1. The minimum Gasteiger partial charge on any atom is -0.481 e. The number of ether oxygens (including phenoxy) is 1. The second-order valence-electron chi connectivity index (χ2n) is 21.2. The Morgan fingerprint density at radius 3 is 1.43 bits per heavy atom. The molecule has 0 bridgehead atoms.